The number of aromatic hydroxyl groups is 1. The summed E-state index contributed by atoms with van der Waals surface area (Å²) in [6, 6.07) is 14.6. The van der Waals surface area contributed by atoms with Gasteiger partial charge in [0.05, 0.1) is 0 Å². The number of amides is 1. The van der Waals surface area contributed by atoms with Gasteiger partial charge in [-0.15, -0.1) is 0 Å². The number of phenols is 1. The van der Waals surface area contributed by atoms with Gasteiger partial charge >= 0.3 is 6.09 Å². The Bertz CT molecular complexity index is 723. The first-order valence-electron chi connectivity index (χ1n) is 8.73. The van der Waals surface area contributed by atoms with Crippen LogP contribution in [0.1, 0.15) is 32.8 Å². The van der Waals surface area contributed by atoms with Crippen LogP contribution in [0.3, 0.4) is 0 Å². The minimum absolute atomic E-state index is 0.195. The fourth-order valence-electron chi connectivity index (χ4n) is 2.41. The minimum Gasteiger partial charge on any atom is -0.508 e. The maximum absolute atomic E-state index is 12.0. The Morgan fingerprint density at radius 2 is 1.81 bits per heavy atom. The zero-order valence-corrected chi connectivity index (χ0v) is 15.9. The fraction of sp³-hybridized carbons (Fsp3) is 0.381. The molecule has 1 amide bonds. The van der Waals surface area contributed by atoms with Crippen molar-refractivity contribution in [2.75, 3.05) is 13.6 Å². The Morgan fingerprint density at radius 1 is 1.12 bits per heavy atom. The van der Waals surface area contributed by atoms with E-state index in [0.29, 0.717) is 18.7 Å². The van der Waals surface area contributed by atoms with E-state index in [1.54, 1.807) is 30.1 Å². The first-order valence-corrected chi connectivity index (χ1v) is 8.73. The van der Waals surface area contributed by atoms with Gasteiger partial charge in [0.2, 0.25) is 0 Å². The highest BCUT2D eigenvalue weighted by atomic mass is 16.6. The lowest BCUT2D eigenvalue weighted by atomic mass is 10.1. The summed E-state index contributed by atoms with van der Waals surface area (Å²) < 4.78 is 11.3. The normalized spacial score (nSPS) is 11.1. The standard InChI is InChI=1S/C21H27NO4/c1-21(2,3)26-20(24)22(4)14-8-9-16-15-17(23)12-13-19(16)25-18-10-6-5-7-11-18/h5-7,10-13,15,23H,8-9,14H2,1-4H3. The fourth-order valence-corrected chi connectivity index (χ4v) is 2.41. The van der Waals surface area contributed by atoms with Crippen LogP contribution in [0.5, 0.6) is 17.2 Å². The summed E-state index contributed by atoms with van der Waals surface area (Å²) >= 11 is 0. The second-order valence-electron chi connectivity index (χ2n) is 7.21. The molecule has 1 N–H and O–H groups in total. The highest BCUT2D eigenvalue weighted by Gasteiger charge is 2.19. The van der Waals surface area contributed by atoms with Gasteiger partial charge in [0, 0.05) is 13.6 Å². The molecule has 0 radical (unpaired) electrons. The lowest BCUT2D eigenvalue weighted by Crippen LogP contribution is -2.34. The summed E-state index contributed by atoms with van der Waals surface area (Å²) in [5, 5.41) is 9.79. The van der Waals surface area contributed by atoms with E-state index in [2.05, 4.69) is 0 Å². The molecule has 2 rings (SSSR count). The molecular formula is C21H27NO4. The van der Waals surface area contributed by atoms with Crippen molar-refractivity contribution in [3.05, 3.63) is 54.1 Å². The number of phenolic OH excluding ortho intramolecular Hbond substituents is 1. The number of carbonyl (C=O) groups is 1. The highest BCUT2D eigenvalue weighted by molar-refractivity contribution is 5.67. The van der Waals surface area contributed by atoms with Crippen molar-refractivity contribution in [3.63, 3.8) is 0 Å². The summed E-state index contributed by atoms with van der Waals surface area (Å²) in [6.07, 6.45) is 1.06. The van der Waals surface area contributed by atoms with Gasteiger partial charge in [-0.1, -0.05) is 18.2 Å². The van der Waals surface area contributed by atoms with Crippen molar-refractivity contribution < 1.29 is 19.4 Å². The van der Waals surface area contributed by atoms with E-state index >= 15 is 0 Å². The maximum atomic E-state index is 12.0. The SMILES string of the molecule is CN(CCCc1cc(O)ccc1Oc1ccccc1)C(=O)OC(C)(C)C. The Morgan fingerprint density at radius 3 is 2.46 bits per heavy atom. The van der Waals surface area contributed by atoms with E-state index < -0.39 is 5.60 Å². The minimum atomic E-state index is -0.507. The molecular weight excluding hydrogens is 330 g/mol. The molecule has 0 atom stereocenters. The zero-order chi connectivity index (χ0) is 19.2. The molecule has 0 aromatic heterocycles. The van der Waals surface area contributed by atoms with Crippen LogP contribution < -0.4 is 4.74 Å². The molecule has 0 unspecified atom stereocenters. The van der Waals surface area contributed by atoms with Crippen LogP contribution in [-0.4, -0.2) is 35.3 Å². The lowest BCUT2D eigenvalue weighted by molar-refractivity contribution is 0.0297. The van der Waals surface area contributed by atoms with Crippen LogP contribution in [0.4, 0.5) is 4.79 Å². The van der Waals surface area contributed by atoms with Crippen molar-refractivity contribution >= 4 is 6.09 Å². The number of aryl methyl sites for hydroxylation is 1. The van der Waals surface area contributed by atoms with Crippen LogP contribution in [0.25, 0.3) is 0 Å². The van der Waals surface area contributed by atoms with Gasteiger partial charge in [0.15, 0.2) is 0 Å². The van der Waals surface area contributed by atoms with E-state index in [1.165, 1.54) is 0 Å². The van der Waals surface area contributed by atoms with Crippen LogP contribution in [-0.2, 0) is 11.2 Å². The Labute approximate surface area is 155 Å². The Kier molecular flexibility index (Phi) is 6.50. The maximum Gasteiger partial charge on any atom is 0.410 e. The molecule has 2 aromatic rings. The molecule has 5 nitrogen and oxygen atoms in total. The van der Waals surface area contributed by atoms with Crippen LogP contribution in [0.2, 0.25) is 0 Å². The molecule has 26 heavy (non-hydrogen) atoms. The highest BCUT2D eigenvalue weighted by Crippen LogP contribution is 2.29. The Balaban J connectivity index is 1.96. The van der Waals surface area contributed by atoms with Gasteiger partial charge in [0.25, 0.3) is 0 Å². The predicted molar refractivity (Wildman–Crippen MR) is 102 cm³/mol. The molecule has 0 saturated heterocycles. The molecule has 0 spiro atoms. The molecule has 0 aliphatic carbocycles. The molecule has 0 fully saturated rings. The second-order valence-corrected chi connectivity index (χ2v) is 7.21. The van der Waals surface area contributed by atoms with E-state index in [4.69, 9.17) is 9.47 Å². The molecule has 0 aliphatic rings. The summed E-state index contributed by atoms with van der Waals surface area (Å²) in [5.74, 6) is 1.64. The third-order valence-corrected chi connectivity index (χ3v) is 3.66. The van der Waals surface area contributed by atoms with Crippen LogP contribution in [0.15, 0.2) is 48.5 Å². The second kappa shape index (κ2) is 8.61. The predicted octanol–water partition coefficient (Wildman–Crippen LogP) is 4.98. The molecule has 0 aliphatic heterocycles. The van der Waals surface area contributed by atoms with Gasteiger partial charge in [-0.3, -0.25) is 0 Å². The number of hydrogen-bond donors (Lipinski definition) is 1. The number of benzene rings is 2. The zero-order valence-electron chi connectivity index (χ0n) is 15.9. The quantitative estimate of drug-likeness (QED) is 0.792. The molecule has 2 aromatic carbocycles. The summed E-state index contributed by atoms with van der Waals surface area (Å²) in [5.41, 5.74) is 0.388. The van der Waals surface area contributed by atoms with Gasteiger partial charge in [-0.2, -0.15) is 0 Å². The first kappa shape index (κ1) is 19.6. The van der Waals surface area contributed by atoms with E-state index in [9.17, 15) is 9.90 Å². The van der Waals surface area contributed by atoms with Crippen LogP contribution in [0, 0.1) is 0 Å². The third-order valence-electron chi connectivity index (χ3n) is 3.66. The number of rotatable bonds is 6. The van der Waals surface area contributed by atoms with Crippen molar-refractivity contribution in [2.45, 2.75) is 39.2 Å². The Hall–Kier alpha value is -2.69. The summed E-state index contributed by atoms with van der Waals surface area (Å²) in [6.45, 7) is 6.09. The number of ether oxygens (including phenoxy) is 2. The summed E-state index contributed by atoms with van der Waals surface area (Å²) in [7, 11) is 1.72. The number of para-hydroxylation sites is 1. The molecule has 0 heterocycles. The van der Waals surface area contributed by atoms with Gasteiger partial charge in [0.1, 0.15) is 22.8 Å². The van der Waals surface area contributed by atoms with Gasteiger partial charge in [-0.05, 0) is 69.5 Å². The number of carbonyl (C=O) groups excluding carboxylic acids is 1. The largest absolute Gasteiger partial charge is 0.508 e. The monoisotopic (exact) mass is 357 g/mol. The third kappa shape index (κ3) is 6.31. The summed E-state index contributed by atoms with van der Waals surface area (Å²) in [4.78, 5) is 13.6. The smallest absolute Gasteiger partial charge is 0.410 e. The molecule has 0 saturated carbocycles. The van der Waals surface area contributed by atoms with Crippen LogP contribution >= 0.6 is 0 Å². The number of hydrogen-bond acceptors (Lipinski definition) is 4. The average Bonchev–Trinajstić information content (AvgIpc) is 2.56. The molecule has 140 valence electrons. The van der Waals surface area contributed by atoms with Crippen molar-refractivity contribution in [2.24, 2.45) is 0 Å². The van der Waals surface area contributed by atoms with Crippen molar-refractivity contribution in [3.8, 4) is 17.2 Å². The lowest BCUT2D eigenvalue weighted by Gasteiger charge is -2.24. The average molecular weight is 357 g/mol. The van der Waals surface area contributed by atoms with Gasteiger partial charge in [-0.25, -0.2) is 4.79 Å². The van der Waals surface area contributed by atoms with Crippen molar-refractivity contribution in [1.29, 1.82) is 0 Å². The van der Waals surface area contributed by atoms with E-state index in [1.807, 2.05) is 51.1 Å². The molecule has 0 bridgehead atoms. The van der Waals surface area contributed by atoms with E-state index in [0.717, 1.165) is 17.7 Å². The van der Waals surface area contributed by atoms with E-state index in [-0.39, 0.29) is 11.8 Å². The molecule has 5 heteroatoms. The van der Waals surface area contributed by atoms with Crippen molar-refractivity contribution in [1.82, 2.24) is 4.90 Å². The van der Waals surface area contributed by atoms with Gasteiger partial charge < -0.3 is 19.5 Å². The number of nitrogens with zero attached hydrogens (tertiary/aromatic N) is 1. The first-order chi connectivity index (χ1) is 12.2. The topological polar surface area (TPSA) is 59.0 Å².